The van der Waals surface area contributed by atoms with Crippen LogP contribution in [0.3, 0.4) is 0 Å². The van der Waals surface area contributed by atoms with E-state index in [1.54, 1.807) is 31.2 Å². The minimum absolute atomic E-state index is 0.194. The van der Waals surface area contributed by atoms with Crippen LogP contribution in [0.5, 0.6) is 0 Å². The molecule has 0 saturated carbocycles. The van der Waals surface area contributed by atoms with E-state index in [9.17, 15) is 14.4 Å². The molecule has 2 rings (SSSR count). The second-order valence-electron chi connectivity index (χ2n) is 7.02. The highest BCUT2D eigenvalue weighted by molar-refractivity contribution is 6.18. The van der Waals surface area contributed by atoms with Gasteiger partial charge in [0.05, 0.1) is 17.8 Å². The van der Waals surface area contributed by atoms with Crippen LogP contribution in [0.2, 0.25) is 0 Å². The Balaban J connectivity index is 2.34. The quantitative estimate of drug-likeness (QED) is 0.696. The maximum atomic E-state index is 13.3. The summed E-state index contributed by atoms with van der Waals surface area (Å²) >= 11 is 0. The summed E-state index contributed by atoms with van der Waals surface area (Å²) in [5, 5.41) is 5.82. The Kier molecular flexibility index (Phi) is 6.88. The number of carbonyl (C=O) groups is 3. The first-order valence-electron chi connectivity index (χ1n) is 9.05. The summed E-state index contributed by atoms with van der Waals surface area (Å²) < 4.78 is 0. The van der Waals surface area contributed by atoms with Gasteiger partial charge in [-0.1, -0.05) is 32.0 Å². The second-order valence-corrected chi connectivity index (χ2v) is 7.02. The molecule has 0 spiro atoms. The predicted octanol–water partition coefficient (Wildman–Crippen LogP) is 0.786. The molecule has 1 aliphatic rings. The lowest BCUT2D eigenvalue weighted by Crippen LogP contribution is -2.57. The number of amides is 3. The van der Waals surface area contributed by atoms with Gasteiger partial charge in [0.15, 0.2) is 0 Å². The molecule has 1 heterocycles. The Bertz CT molecular complexity index is 639. The minimum atomic E-state index is -0.834. The molecule has 4 N–H and O–H groups in total. The van der Waals surface area contributed by atoms with Crippen LogP contribution in [0, 0.1) is 5.92 Å². The molecule has 7 nitrogen and oxygen atoms in total. The van der Waals surface area contributed by atoms with Crippen LogP contribution < -0.4 is 21.3 Å². The number of para-hydroxylation sites is 1. The molecule has 1 saturated heterocycles. The highest BCUT2D eigenvalue weighted by Crippen LogP contribution is 2.20. The number of hydrogen-bond donors (Lipinski definition) is 3. The number of hydrogen-bond acceptors (Lipinski definition) is 5. The maximum Gasteiger partial charge on any atom is 0.256 e. The number of nitrogens with one attached hydrogen (secondary N) is 2. The van der Waals surface area contributed by atoms with Gasteiger partial charge in [-0.2, -0.15) is 0 Å². The van der Waals surface area contributed by atoms with Gasteiger partial charge in [-0.05, 0) is 44.4 Å². The summed E-state index contributed by atoms with van der Waals surface area (Å²) in [6, 6.07) is 6.84. The molecule has 0 unspecified atom stereocenters. The van der Waals surface area contributed by atoms with Gasteiger partial charge in [-0.15, -0.1) is 0 Å². The van der Waals surface area contributed by atoms with Gasteiger partial charge >= 0.3 is 0 Å². The van der Waals surface area contributed by atoms with Gasteiger partial charge in [0.25, 0.3) is 11.8 Å². The van der Waals surface area contributed by atoms with Gasteiger partial charge in [0, 0.05) is 0 Å². The topological polar surface area (TPSA) is 105 Å². The van der Waals surface area contributed by atoms with Gasteiger partial charge in [0.1, 0.15) is 6.04 Å². The van der Waals surface area contributed by atoms with E-state index < -0.39 is 29.9 Å². The van der Waals surface area contributed by atoms with E-state index in [-0.39, 0.29) is 11.8 Å². The average molecular weight is 360 g/mol. The van der Waals surface area contributed by atoms with Crippen molar-refractivity contribution in [2.75, 3.05) is 11.4 Å². The fourth-order valence-electron chi connectivity index (χ4n) is 2.93. The van der Waals surface area contributed by atoms with E-state index in [1.807, 2.05) is 19.9 Å². The largest absolute Gasteiger partial charge is 0.343 e. The maximum absolute atomic E-state index is 13.3. The van der Waals surface area contributed by atoms with Crippen molar-refractivity contribution < 1.29 is 14.4 Å². The van der Waals surface area contributed by atoms with E-state index in [0.29, 0.717) is 12.1 Å². The Morgan fingerprint density at radius 3 is 2.35 bits per heavy atom. The van der Waals surface area contributed by atoms with Gasteiger partial charge in [0.2, 0.25) is 5.91 Å². The molecule has 3 atom stereocenters. The second kappa shape index (κ2) is 8.91. The van der Waals surface area contributed by atoms with Crippen molar-refractivity contribution >= 4 is 23.4 Å². The van der Waals surface area contributed by atoms with Crippen LogP contribution in [0.25, 0.3) is 0 Å². The van der Waals surface area contributed by atoms with E-state index >= 15 is 0 Å². The highest BCUT2D eigenvalue weighted by atomic mass is 16.2. The highest BCUT2D eigenvalue weighted by Gasteiger charge is 2.37. The molecule has 142 valence electrons. The summed E-state index contributed by atoms with van der Waals surface area (Å²) in [4.78, 5) is 39.5. The normalized spacial score (nSPS) is 19.0. The third-order valence-electron chi connectivity index (χ3n) is 4.46. The van der Waals surface area contributed by atoms with Crippen LogP contribution in [-0.4, -0.2) is 42.4 Å². The molecule has 0 aromatic heterocycles. The summed E-state index contributed by atoms with van der Waals surface area (Å²) in [5.41, 5.74) is 6.11. The molecular weight excluding hydrogens is 332 g/mol. The number of nitrogens with two attached hydrogens (primary N) is 1. The molecule has 1 aliphatic heterocycles. The smallest absolute Gasteiger partial charge is 0.256 e. The van der Waals surface area contributed by atoms with Crippen LogP contribution in [0.15, 0.2) is 30.3 Å². The predicted molar refractivity (Wildman–Crippen MR) is 100 cm³/mol. The van der Waals surface area contributed by atoms with E-state index in [2.05, 4.69) is 10.6 Å². The lowest BCUT2D eigenvalue weighted by molar-refractivity contribution is -0.132. The first kappa shape index (κ1) is 20.1. The minimum Gasteiger partial charge on any atom is -0.343 e. The molecule has 26 heavy (non-hydrogen) atoms. The Labute approximate surface area is 154 Å². The standard InChI is InChI=1S/C19H28N4O3/c1-12(2)16(22-17(24)13(3)20)19(26)23(14-8-5-4-6-9-14)18(25)15-10-7-11-21-15/h4-6,8-9,12-13,15-16,21H,7,10-11,20H2,1-3H3,(H,22,24)/t13-,15-,16-/m0/s1. The van der Waals surface area contributed by atoms with Crippen LogP contribution >= 0.6 is 0 Å². The molecule has 1 fully saturated rings. The monoisotopic (exact) mass is 360 g/mol. The summed E-state index contributed by atoms with van der Waals surface area (Å²) in [6.07, 6.45) is 1.58. The number of imide groups is 1. The fraction of sp³-hybridized carbons (Fsp3) is 0.526. The number of rotatable bonds is 6. The first-order valence-corrected chi connectivity index (χ1v) is 9.05. The SMILES string of the molecule is CC(C)[C@H](NC(=O)[C@H](C)N)C(=O)N(C(=O)[C@@H]1CCCN1)c1ccccc1. The fourth-order valence-corrected chi connectivity index (χ4v) is 2.93. The summed E-state index contributed by atoms with van der Waals surface area (Å²) in [7, 11) is 0. The van der Waals surface area contributed by atoms with E-state index in [0.717, 1.165) is 13.0 Å². The van der Waals surface area contributed by atoms with Gasteiger partial charge in [-0.25, -0.2) is 4.90 Å². The summed E-state index contributed by atoms with van der Waals surface area (Å²) in [6.45, 7) is 5.96. The van der Waals surface area contributed by atoms with Crippen molar-refractivity contribution in [2.45, 2.75) is 51.7 Å². The van der Waals surface area contributed by atoms with Crippen LogP contribution in [-0.2, 0) is 14.4 Å². The van der Waals surface area contributed by atoms with Gasteiger partial charge < -0.3 is 16.4 Å². The van der Waals surface area contributed by atoms with E-state index in [4.69, 9.17) is 5.73 Å². The molecule has 0 bridgehead atoms. The molecule has 1 aromatic carbocycles. The lowest BCUT2D eigenvalue weighted by Gasteiger charge is -2.30. The van der Waals surface area contributed by atoms with Crippen molar-refractivity contribution in [1.29, 1.82) is 0 Å². The number of carbonyl (C=O) groups excluding carboxylic acids is 3. The van der Waals surface area contributed by atoms with Crippen molar-refractivity contribution in [3.05, 3.63) is 30.3 Å². The molecule has 3 amide bonds. The number of anilines is 1. The zero-order chi connectivity index (χ0) is 19.3. The van der Waals surface area contributed by atoms with Gasteiger partial charge in [-0.3, -0.25) is 14.4 Å². The van der Waals surface area contributed by atoms with Crippen molar-refractivity contribution in [1.82, 2.24) is 10.6 Å². The molecule has 0 aliphatic carbocycles. The average Bonchev–Trinajstić information content (AvgIpc) is 3.14. The van der Waals surface area contributed by atoms with Crippen LogP contribution in [0.4, 0.5) is 5.69 Å². The summed E-state index contributed by atoms with van der Waals surface area (Å²) in [5.74, 6) is -1.35. The third-order valence-corrected chi connectivity index (χ3v) is 4.46. The zero-order valence-corrected chi connectivity index (χ0v) is 15.6. The number of nitrogens with zero attached hydrogens (tertiary/aromatic N) is 1. The molecule has 1 aromatic rings. The molecular formula is C19H28N4O3. The molecule has 0 radical (unpaired) electrons. The molecule has 7 heteroatoms. The Hall–Kier alpha value is -2.25. The number of benzene rings is 1. The zero-order valence-electron chi connectivity index (χ0n) is 15.6. The van der Waals surface area contributed by atoms with E-state index in [1.165, 1.54) is 4.90 Å². The lowest BCUT2D eigenvalue weighted by atomic mass is 10.0. The van der Waals surface area contributed by atoms with Crippen LogP contribution in [0.1, 0.15) is 33.6 Å². The first-order chi connectivity index (χ1) is 12.3. The van der Waals surface area contributed by atoms with Crippen molar-refractivity contribution in [3.8, 4) is 0 Å². The Morgan fingerprint density at radius 2 is 1.85 bits per heavy atom. The van der Waals surface area contributed by atoms with Crippen molar-refractivity contribution in [2.24, 2.45) is 11.7 Å². The Morgan fingerprint density at radius 1 is 1.19 bits per heavy atom. The third kappa shape index (κ3) is 4.68. The van der Waals surface area contributed by atoms with Crippen molar-refractivity contribution in [3.63, 3.8) is 0 Å².